The second kappa shape index (κ2) is 5.32. The molecule has 1 atom stereocenters. The zero-order chi connectivity index (χ0) is 13.1. The number of aromatic nitrogens is 1. The van der Waals surface area contributed by atoms with Gasteiger partial charge in [-0.3, -0.25) is 4.98 Å². The maximum Gasteiger partial charge on any atom is 0.0845 e. The number of pyridine rings is 1. The normalized spacial score (nSPS) is 12.4. The molecule has 0 bridgehead atoms. The molecule has 1 aromatic carbocycles. The van der Waals surface area contributed by atoms with Crippen molar-refractivity contribution in [1.82, 2.24) is 4.98 Å². The van der Waals surface area contributed by atoms with Crippen LogP contribution in [-0.4, -0.2) is 10.1 Å². The van der Waals surface area contributed by atoms with Crippen molar-refractivity contribution >= 4 is 0 Å². The maximum absolute atomic E-state index is 10.3. The summed E-state index contributed by atoms with van der Waals surface area (Å²) in [6.07, 6.45) is 3.69. The van der Waals surface area contributed by atoms with Crippen LogP contribution in [0.3, 0.4) is 0 Å². The summed E-state index contributed by atoms with van der Waals surface area (Å²) in [5.74, 6) is 0. The monoisotopic (exact) mass is 241 g/mol. The number of aliphatic hydroxyl groups excluding tert-OH is 1. The van der Waals surface area contributed by atoms with Crippen LogP contribution in [0.2, 0.25) is 0 Å². The first-order chi connectivity index (χ1) is 8.56. The van der Waals surface area contributed by atoms with E-state index in [2.05, 4.69) is 37.0 Å². The van der Waals surface area contributed by atoms with Crippen molar-refractivity contribution < 1.29 is 5.11 Å². The van der Waals surface area contributed by atoms with Crippen LogP contribution in [0.25, 0.3) is 0 Å². The van der Waals surface area contributed by atoms with Gasteiger partial charge in [0.1, 0.15) is 0 Å². The topological polar surface area (TPSA) is 33.1 Å². The van der Waals surface area contributed by atoms with Crippen LogP contribution in [0.15, 0.2) is 36.7 Å². The lowest BCUT2D eigenvalue weighted by molar-refractivity contribution is 0.178. The molecule has 0 amide bonds. The molecule has 2 rings (SSSR count). The number of nitrogens with zero attached hydrogens (tertiary/aromatic N) is 1. The molecule has 1 unspecified atom stereocenters. The minimum Gasteiger partial charge on any atom is -0.388 e. The van der Waals surface area contributed by atoms with Crippen molar-refractivity contribution in [2.24, 2.45) is 0 Å². The molecular weight excluding hydrogens is 222 g/mol. The highest BCUT2D eigenvalue weighted by atomic mass is 16.3. The lowest BCUT2D eigenvalue weighted by Gasteiger charge is -2.13. The van der Waals surface area contributed by atoms with Crippen LogP contribution in [0.5, 0.6) is 0 Å². The predicted molar refractivity (Wildman–Crippen MR) is 73.6 cm³/mol. The number of aryl methyl sites for hydroxylation is 3. The highest BCUT2D eigenvalue weighted by Gasteiger charge is 2.10. The third kappa shape index (κ3) is 2.96. The molecule has 94 valence electrons. The molecule has 0 aliphatic carbocycles. The molecule has 0 aliphatic rings. The summed E-state index contributed by atoms with van der Waals surface area (Å²) in [7, 11) is 0. The average molecular weight is 241 g/mol. The SMILES string of the molecule is Cc1cncc(C(O)Cc2cc(C)ccc2C)c1. The molecule has 18 heavy (non-hydrogen) atoms. The zero-order valence-corrected chi connectivity index (χ0v) is 11.1. The second-order valence-electron chi connectivity index (χ2n) is 4.95. The van der Waals surface area contributed by atoms with Gasteiger partial charge in [-0.25, -0.2) is 0 Å². The average Bonchev–Trinajstić information content (AvgIpc) is 2.34. The van der Waals surface area contributed by atoms with E-state index in [1.54, 1.807) is 12.4 Å². The Kier molecular flexibility index (Phi) is 3.78. The van der Waals surface area contributed by atoms with E-state index in [0.717, 1.165) is 11.1 Å². The minimum absolute atomic E-state index is 0.488. The van der Waals surface area contributed by atoms with E-state index >= 15 is 0 Å². The van der Waals surface area contributed by atoms with Gasteiger partial charge in [0.2, 0.25) is 0 Å². The molecule has 0 spiro atoms. The summed E-state index contributed by atoms with van der Waals surface area (Å²) in [5.41, 5.74) is 5.61. The van der Waals surface area contributed by atoms with E-state index in [1.807, 2.05) is 13.0 Å². The van der Waals surface area contributed by atoms with Crippen LogP contribution in [-0.2, 0) is 6.42 Å². The highest BCUT2D eigenvalue weighted by molar-refractivity contribution is 5.32. The molecular formula is C16H19NO. The van der Waals surface area contributed by atoms with Crippen LogP contribution in [0.1, 0.15) is 33.9 Å². The Balaban J connectivity index is 2.21. The summed E-state index contributed by atoms with van der Waals surface area (Å²) >= 11 is 0. The van der Waals surface area contributed by atoms with Crippen LogP contribution in [0.4, 0.5) is 0 Å². The Bertz CT molecular complexity index is 549. The molecule has 0 saturated heterocycles. The fourth-order valence-electron chi connectivity index (χ4n) is 2.11. The summed E-state index contributed by atoms with van der Waals surface area (Å²) in [6, 6.07) is 8.33. The van der Waals surface area contributed by atoms with Gasteiger partial charge < -0.3 is 5.11 Å². The molecule has 1 aromatic heterocycles. The molecule has 2 aromatic rings. The van der Waals surface area contributed by atoms with Gasteiger partial charge in [-0.2, -0.15) is 0 Å². The lowest BCUT2D eigenvalue weighted by atomic mass is 9.97. The van der Waals surface area contributed by atoms with Crippen molar-refractivity contribution in [3.63, 3.8) is 0 Å². The van der Waals surface area contributed by atoms with Crippen molar-refractivity contribution in [2.75, 3.05) is 0 Å². The van der Waals surface area contributed by atoms with E-state index in [-0.39, 0.29) is 0 Å². The minimum atomic E-state index is -0.488. The van der Waals surface area contributed by atoms with Gasteiger partial charge in [-0.1, -0.05) is 29.8 Å². The van der Waals surface area contributed by atoms with E-state index < -0.39 is 6.10 Å². The van der Waals surface area contributed by atoms with Gasteiger partial charge in [0.15, 0.2) is 0 Å². The fourth-order valence-corrected chi connectivity index (χ4v) is 2.11. The maximum atomic E-state index is 10.3. The molecule has 1 N–H and O–H groups in total. The van der Waals surface area contributed by atoms with E-state index in [1.165, 1.54) is 16.7 Å². The number of benzene rings is 1. The second-order valence-corrected chi connectivity index (χ2v) is 4.95. The number of hydrogen-bond acceptors (Lipinski definition) is 2. The van der Waals surface area contributed by atoms with E-state index in [9.17, 15) is 5.11 Å². The van der Waals surface area contributed by atoms with E-state index in [0.29, 0.717) is 6.42 Å². The van der Waals surface area contributed by atoms with Gasteiger partial charge >= 0.3 is 0 Å². The largest absolute Gasteiger partial charge is 0.388 e. The number of hydrogen-bond donors (Lipinski definition) is 1. The quantitative estimate of drug-likeness (QED) is 0.894. The first kappa shape index (κ1) is 12.8. The molecule has 0 aliphatic heterocycles. The predicted octanol–water partition coefficient (Wildman–Crippen LogP) is 3.28. The van der Waals surface area contributed by atoms with Crippen LogP contribution < -0.4 is 0 Å². The highest BCUT2D eigenvalue weighted by Crippen LogP contribution is 2.21. The Hall–Kier alpha value is -1.67. The molecule has 0 radical (unpaired) electrons. The third-order valence-corrected chi connectivity index (χ3v) is 3.20. The standard InChI is InChI=1S/C16H19NO/c1-11-4-5-13(3)14(6-11)8-16(18)15-7-12(2)9-17-10-15/h4-7,9-10,16,18H,8H2,1-3H3. The third-order valence-electron chi connectivity index (χ3n) is 3.20. The van der Waals surface area contributed by atoms with Crippen LogP contribution >= 0.6 is 0 Å². The smallest absolute Gasteiger partial charge is 0.0845 e. The molecule has 2 nitrogen and oxygen atoms in total. The van der Waals surface area contributed by atoms with E-state index in [4.69, 9.17) is 0 Å². The Morgan fingerprint density at radius 1 is 1.06 bits per heavy atom. The first-order valence-corrected chi connectivity index (χ1v) is 6.22. The van der Waals surface area contributed by atoms with Gasteiger partial charge in [0, 0.05) is 18.8 Å². The van der Waals surface area contributed by atoms with Gasteiger partial charge in [0.25, 0.3) is 0 Å². The van der Waals surface area contributed by atoms with Gasteiger partial charge in [0.05, 0.1) is 6.10 Å². The lowest BCUT2D eigenvalue weighted by Crippen LogP contribution is -2.04. The summed E-state index contributed by atoms with van der Waals surface area (Å²) < 4.78 is 0. The molecule has 1 heterocycles. The Morgan fingerprint density at radius 3 is 2.56 bits per heavy atom. The fraction of sp³-hybridized carbons (Fsp3) is 0.312. The molecule has 2 heteroatoms. The number of rotatable bonds is 3. The van der Waals surface area contributed by atoms with Crippen LogP contribution in [0, 0.1) is 20.8 Å². The zero-order valence-electron chi connectivity index (χ0n) is 11.1. The van der Waals surface area contributed by atoms with Gasteiger partial charge in [-0.05, 0) is 43.0 Å². The van der Waals surface area contributed by atoms with Crippen molar-refractivity contribution in [2.45, 2.75) is 33.3 Å². The molecule has 0 saturated carbocycles. The molecule has 0 fully saturated rings. The summed E-state index contributed by atoms with van der Waals surface area (Å²) in [4.78, 5) is 4.13. The Labute approximate surface area is 108 Å². The first-order valence-electron chi connectivity index (χ1n) is 6.22. The summed E-state index contributed by atoms with van der Waals surface area (Å²) in [6.45, 7) is 6.14. The van der Waals surface area contributed by atoms with Crippen molar-refractivity contribution in [3.05, 3.63) is 64.5 Å². The van der Waals surface area contributed by atoms with Crippen molar-refractivity contribution in [1.29, 1.82) is 0 Å². The Morgan fingerprint density at radius 2 is 1.83 bits per heavy atom. The van der Waals surface area contributed by atoms with Gasteiger partial charge in [-0.15, -0.1) is 0 Å². The number of aliphatic hydroxyl groups is 1. The van der Waals surface area contributed by atoms with Crippen molar-refractivity contribution in [3.8, 4) is 0 Å². The summed E-state index contributed by atoms with van der Waals surface area (Å²) in [5, 5.41) is 10.3.